The fourth-order valence-electron chi connectivity index (χ4n) is 2.85. The van der Waals surface area contributed by atoms with Crippen molar-refractivity contribution in [1.29, 1.82) is 0 Å². The van der Waals surface area contributed by atoms with E-state index in [1.54, 1.807) is 13.2 Å². The summed E-state index contributed by atoms with van der Waals surface area (Å²) in [7, 11) is 1.64. The van der Waals surface area contributed by atoms with Gasteiger partial charge in [-0.05, 0) is 47.7 Å². The smallest absolute Gasteiger partial charge is 0.270 e. The predicted molar refractivity (Wildman–Crippen MR) is 115 cm³/mol. The molecule has 0 radical (unpaired) electrons. The Balaban J connectivity index is 1.55. The van der Waals surface area contributed by atoms with E-state index in [1.807, 2.05) is 36.4 Å². The molecular weight excluding hydrogens is 364 g/mol. The molecule has 3 aromatic rings. The Hall–Kier alpha value is -3.41. The number of hydrogen-bond donors (Lipinski definition) is 2. The molecule has 0 aliphatic rings. The summed E-state index contributed by atoms with van der Waals surface area (Å²) in [5, 5.41) is 6.11. The lowest BCUT2D eigenvalue weighted by molar-refractivity contribution is 0.0949. The third kappa shape index (κ3) is 5.78. The summed E-state index contributed by atoms with van der Waals surface area (Å²) in [5.74, 6) is 1.66. The third-order valence-corrected chi connectivity index (χ3v) is 4.61. The van der Waals surface area contributed by atoms with E-state index < -0.39 is 0 Å². The van der Waals surface area contributed by atoms with Crippen molar-refractivity contribution >= 4 is 17.4 Å². The van der Waals surface area contributed by atoms with Gasteiger partial charge in [0, 0.05) is 18.3 Å². The van der Waals surface area contributed by atoms with Crippen LogP contribution >= 0.6 is 0 Å². The number of aromatic nitrogens is 2. The average molecular weight is 390 g/mol. The first kappa shape index (κ1) is 20.3. The average Bonchev–Trinajstić information content (AvgIpc) is 2.75. The molecule has 0 unspecified atom stereocenters. The number of methoxy groups -OCH3 is 1. The summed E-state index contributed by atoms with van der Waals surface area (Å²) in [6.45, 7) is 4.84. The fraction of sp³-hybridized carbons (Fsp3) is 0.261. The molecule has 150 valence electrons. The Labute approximate surface area is 171 Å². The molecule has 0 saturated carbocycles. The monoisotopic (exact) mass is 390 g/mol. The lowest BCUT2D eigenvalue weighted by Gasteiger charge is -2.10. The van der Waals surface area contributed by atoms with E-state index in [9.17, 15) is 4.79 Å². The highest BCUT2D eigenvalue weighted by atomic mass is 16.5. The van der Waals surface area contributed by atoms with Gasteiger partial charge in [0.15, 0.2) is 0 Å². The van der Waals surface area contributed by atoms with Crippen LogP contribution in [0.25, 0.3) is 0 Å². The van der Waals surface area contributed by atoms with Crippen LogP contribution in [-0.2, 0) is 6.42 Å². The maximum Gasteiger partial charge on any atom is 0.270 e. The minimum Gasteiger partial charge on any atom is -0.497 e. The summed E-state index contributed by atoms with van der Waals surface area (Å²) in [5.41, 5.74) is 3.64. The summed E-state index contributed by atoms with van der Waals surface area (Å²) < 4.78 is 5.15. The third-order valence-electron chi connectivity index (χ3n) is 4.61. The second-order valence-corrected chi connectivity index (χ2v) is 7.04. The van der Waals surface area contributed by atoms with Crippen LogP contribution in [0.1, 0.15) is 41.4 Å². The van der Waals surface area contributed by atoms with Crippen LogP contribution in [-0.4, -0.2) is 29.5 Å². The molecule has 2 aromatic carbocycles. The second-order valence-electron chi connectivity index (χ2n) is 7.04. The van der Waals surface area contributed by atoms with Gasteiger partial charge in [-0.1, -0.05) is 38.1 Å². The second kappa shape index (κ2) is 9.68. The van der Waals surface area contributed by atoms with Crippen LogP contribution in [0.4, 0.5) is 11.5 Å². The molecule has 1 heterocycles. The number of nitrogens with one attached hydrogen (secondary N) is 2. The fourth-order valence-corrected chi connectivity index (χ4v) is 2.85. The van der Waals surface area contributed by atoms with Crippen molar-refractivity contribution in [3.63, 3.8) is 0 Å². The first-order chi connectivity index (χ1) is 14.0. The maximum absolute atomic E-state index is 12.4. The molecule has 6 nitrogen and oxygen atoms in total. The molecule has 0 atom stereocenters. The number of rotatable bonds is 8. The SMILES string of the molecule is COc1ccc(CCNC(=O)c2cc(Nc3ccc(C(C)C)cc3)ncn2)cc1. The molecule has 2 N–H and O–H groups in total. The Kier molecular flexibility index (Phi) is 6.79. The van der Waals surface area contributed by atoms with Gasteiger partial charge in [-0.3, -0.25) is 4.79 Å². The molecular formula is C23H26N4O2. The molecule has 1 amide bonds. The molecule has 6 heteroatoms. The van der Waals surface area contributed by atoms with Gasteiger partial charge >= 0.3 is 0 Å². The number of anilines is 2. The predicted octanol–water partition coefficient (Wildman–Crippen LogP) is 4.32. The van der Waals surface area contributed by atoms with Gasteiger partial charge in [0.2, 0.25) is 0 Å². The van der Waals surface area contributed by atoms with Crippen LogP contribution in [0.3, 0.4) is 0 Å². The number of carbonyl (C=O) groups is 1. The number of ether oxygens (including phenoxy) is 1. The van der Waals surface area contributed by atoms with Gasteiger partial charge in [-0.15, -0.1) is 0 Å². The lowest BCUT2D eigenvalue weighted by Crippen LogP contribution is -2.26. The minimum absolute atomic E-state index is 0.223. The highest BCUT2D eigenvalue weighted by Gasteiger charge is 2.09. The zero-order valence-corrected chi connectivity index (χ0v) is 17.0. The van der Waals surface area contributed by atoms with Crippen LogP contribution in [0.5, 0.6) is 5.75 Å². The summed E-state index contributed by atoms with van der Waals surface area (Å²) in [6.07, 6.45) is 2.12. The number of benzene rings is 2. The van der Waals surface area contributed by atoms with Crippen LogP contribution in [0.2, 0.25) is 0 Å². The normalized spacial score (nSPS) is 10.6. The largest absolute Gasteiger partial charge is 0.497 e. The number of hydrogen-bond acceptors (Lipinski definition) is 5. The number of amides is 1. The van der Waals surface area contributed by atoms with Crippen molar-refractivity contribution in [2.24, 2.45) is 0 Å². The first-order valence-electron chi connectivity index (χ1n) is 9.65. The van der Waals surface area contributed by atoms with E-state index in [2.05, 4.69) is 46.6 Å². The van der Waals surface area contributed by atoms with Gasteiger partial charge in [0.25, 0.3) is 5.91 Å². The van der Waals surface area contributed by atoms with Gasteiger partial charge in [0.1, 0.15) is 23.6 Å². The lowest BCUT2D eigenvalue weighted by atomic mass is 10.0. The molecule has 0 bridgehead atoms. The van der Waals surface area contributed by atoms with E-state index in [-0.39, 0.29) is 5.91 Å². The Morgan fingerprint density at radius 3 is 2.41 bits per heavy atom. The Morgan fingerprint density at radius 2 is 1.76 bits per heavy atom. The molecule has 0 fully saturated rings. The Bertz CT molecular complexity index is 938. The molecule has 0 saturated heterocycles. The van der Waals surface area contributed by atoms with Gasteiger partial charge < -0.3 is 15.4 Å². The van der Waals surface area contributed by atoms with Crippen molar-refractivity contribution in [2.75, 3.05) is 19.0 Å². The first-order valence-corrected chi connectivity index (χ1v) is 9.65. The summed E-state index contributed by atoms with van der Waals surface area (Å²) in [6, 6.07) is 17.6. The van der Waals surface area contributed by atoms with Crippen LogP contribution in [0.15, 0.2) is 60.9 Å². The summed E-state index contributed by atoms with van der Waals surface area (Å²) in [4.78, 5) is 20.7. The maximum atomic E-state index is 12.4. The summed E-state index contributed by atoms with van der Waals surface area (Å²) >= 11 is 0. The van der Waals surface area contributed by atoms with E-state index in [0.29, 0.717) is 24.0 Å². The van der Waals surface area contributed by atoms with E-state index in [1.165, 1.54) is 11.9 Å². The quantitative estimate of drug-likeness (QED) is 0.599. The minimum atomic E-state index is -0.223. The standard InChI is InChI=1S/C23H26N4O2/c1-16(2)18-6-8-19(9-7-18)27-22-14-21(25-15-26-22)23(28)24-13-12-17-4-10-20(29-3)11-5-17/h4-11,14-16H,12-13H2,1-3H3,(H,24,28)(H,25,26,27). The van der Waals surface area contributed by atoms with Crippen LogP contribution in [0, 0.1) is 0 Å². The Morgan fingerprint density at radius 1 is 1.03 bits per heavy atom. The van der Waals surface area contributed by atoms with E-state index in [4.69, 9.17) is 4.74 Å². The molecule has 3 rings (SSSR count). The highest BCUT2D eigenvalue weighted by molar-refractivity contribution is 5.92. The van der Waals surface area contributed by atoms with Gasteiger partial charge in [-0.25, -0.2) is 9.97 Å². The zero-order valence-electron chi connectivity index (χ0n) is 17.0. The molecule has 0 spiro atoms. The van der Waals surface area contributed by atoms with Crippen molar-refractivity contribution in [1.82, 2.24) is 15.3 Å². The molecule has 29 heavy (non-hydrogen) atoms. The highest BCUT2D eigenvalue weighted by Crippen LogP contribution is 2.19. The van der Waals surface area contributed by atoms with Crippen molar-refractivity contribution < 1.29 is 9.53 Å². The molecule has 0 aliphatic heterocycles. The van der Waals surface area contributed by atoms with Crippen molar-refractivity contribution in [2.45, 2.75) is 26.2 Å². The van der Waals surface area contributed by atoms with Crippen LogP contribution < -0.4 is 15.4 Å². The number of carbonyl (C=O) groups excluding carboxylic acids is 1. The van der Waals surface area contributed by atoms with E-state index in [0.717, 1.165) is 23.4 Å². The van der Waals surface area contributed by atoms with E-state index >= 15 is 0 Å². The molecule has 1 aromatic heterocycles. The topological polar surface area (TPSA) is 76.1 Å². The van der Waals surface area contributed by atoms with Gasteiger partial charge in [0.05, 0.1) is 7.11 Å². The number of nitrogens with zero attached hydrogens (tertiary/aromatic N) is 2. The van der Waals surface area contributed by atoms with Crippen molar-refractivity contribution in [3.05, 3.63) is 77.7 Å². The zero-order chi connectivity index (χ0) is 20.6. The molecule has 0 aliphatic carbocycles. The van der Waals surface area contributed by atoms with Gasteiger partial charge in [-0.2, -0.15) is 0 Å². The van der Waals surface area contributed by atoms with Crippen molar-refractivity contribution in [3.8, 4) is 5.75 Å².